The number of nitrogens with zero attached hydrogens (tertiary/aromatic N) is 3. The van der Waals surface area contributed by atoms with Crippen molar-refractivity contribution in [3.63, 3.8) is 0 Å². The molecule has 0 atom stereocenters. The van der Waals surface area contributed by atoms with Crippen LogP contribution in [0.15, 0.2) is 18.2 Å². The fraction of sp³-hybridized carbons (Fsp3) is 0.588. The van der Waals surface area contributed by atoms with Crippen LogP contribution in [0.1, 0.15) is 29.5 Å². The summed E-state index contributed by atoms with van der Waals surface area (Å²) in [5, 5.41) is 8.91. The lowest BCUT2D eigenvalue weighted by atomic mass is 9.96. The maximum Gasteiger partial charge on any atom is 0.0991 e. The summed E-state index contributed by atoms with van der Waals surface area (Å²) in [6.07, 6.45) is 2.63. The Morgan fingerprint density at radius 3 is 2.65 bits per heavy atom. The van der Waals surface area contributed by atoms with Gasteiger partial charge in [0.05, 0.1) is 11.6 Å². The molecule has 0 unspecified atom stereocenters. The Bertz CT molecular complexity index is 481. The molecule has 0 saturated carbocycles. The van der Waals surface area contributed by atoms with Gasteiger partial charge in [0.15, 0.2) is 0 Å². The van der Waals surface area contributed by atoms with E-state index < -0.39 is 0 Å². The molecule has 0 amide bonds. The highest BCUT2D eigenvalue weighted by Crippen LogP contribution is 2.19. The average molecular weight is 271 g/mol. The molecule has 1 fully saturated rings. The van der Waals surface area contributed by atoms with Gasteiger partial charge in [-0.1, -0.05) is 6.07 Å². The minimum absolute atomic E-state index is 0.754. The van der Waals surface area contributed by atoms with E-state index in [1.54, 1.807) is 0 Å². The van der Waals surface area contributed by atoms with Crippen molar-refractivity contribution in [3.8, 4) is 6.07 Å². The number of likely N-dealkylation sites (tertiary alicyclic amines) is 1. The minimum atomic E-state index is 0.754. The summed E-state index contributed by atoms with van der Waals surface area (Å²) in [5.41, 5.74) is 3.31. The van der Waals surface area contributed by atoms with Crippen molar-refractivity contribution < 1.29 is 0 Å². The van der Waals surface area contributed by atoms with Gasteiger partial charge < -0.3 is 9.80 Å². The topological polar surface area (TPSA) is 30.3 Å². The number of hydrogen-bond donors (Lipinski definition) is 0. The van der Waals surface area contributed by atoms with E-state index in [9.17, 15) is 0 Å². The second-order valence-electron chi connectivity index (χ2n) is 6.20. The van der Waals surface area contributed by atoms with Gasteiger partial charge in [-0.3, -0.25) is 0 Å². The smallest absolute Gasteiger partial charge is 0.0991 e. The fourth-order valence-corrected chi connectivity index (χ4v) is 2.98. The van der Waals surface area contributed by atoms with Crippen molar-refractivity contribution in [1.82, 2.24) is 9.80 Å². The van der Waals surface area contributed by atoms with Crippen molar-refractivity contribution in [1.29, 1.82) is 5.26 Å². The number of benzene rings is 1. The monoisotopic (exact) mass is 271 g/mol. The molecule has 1 saturated heterocycles. The summed E-state index contributed by atoms with van der Waals surface area (Å²) in [5.74, 6) is 0.829. The molecule has 0 N–H and O–H groups in total. The molecule has 1 aromatic carbocycles. The van der Waals surface area contributed by atoms with Crippen molar-refractivity contribution in [3.05, 3.63) is 34.9 Å². The maximum absolute atomic E-state index is 8.91. The molecule has 1 heterocycles. The number of piperidine rings is 1. The third kappa shape index (κ3) is 4.06. The van der Waals surface area contributed by atoms with Gasteiger partial charge in [-0.15, -0.1) is 0 Å². The molecule has 0 spiro atoms. The molecule has 0 aromatic heterocycles. The third-order valence-electron chi connectivity index (χ3n) is 4.32. The van der Waals surface area contributed by atoms with Crippen molar-refractivity contribution in [2.45, 2.75) is 26.3 Å². The van der Waals surface area contributed by atoms with Crippen LogP contribution in [0.4, 0.5) is 0 Å². The average Bonchev–Trinajstić information content (AvgIpc) is 2.43. The molecule has 20 heavy (non-hydrogen) atoms. The Hall–Kier alpha value is -1.37. The first-order valence-electron chi connectivity index (χ1n) is 7.45. The van der Waals surface area contributed by atoms with Crippen LogP contribution in [0.25, 0.3) is 0 Å². The van der Waals surface area contributed by atoms with Crippen molar-refractivity contribution in [2.24, 2.45) is 5.92 Å². The number of hydrogen-bond acceptors (Lipinski definition) is 3. The van der Waals surface area contributed by atoms with E-state index in [2.05, 4.69) is 43.0 Å². The summed E-state index contributed by atoms with van der Waals surface area (Å²) < 4.78 is 0. The largest absolute Gasteiger partial charge is 0.306 e. The quantitative estimate of drug-likeness (QED) is 0.843. The predicted octanol–water partition coefficient (Wildman–Crippen LogP) is 2.64. The van der Waals surface area contributed by atoms with Gasteiger partial charge in [0, 0.05) is 13.1 Å². The molecule has 108 valence electrons. The molecular weight excluding hydrogens is 246 g/mol. The van der Waals surface area contributed by atoms with Gasteiger partial charge in [-0.05, 0) is 76.1 Å². The van der Waals surface area contributed by atoms with Crippen LogP contribution in [-0.2, 0) is 6.54 Å². The van der Waals surface area contributed by atoms with Gasteiger partial charge in [-0.25, -0.2) is 0 Å². The van der Waals surface area contributed by atoms with Gasteiger partial charge in [0.2, 0.25) is 0 Å². The molecule has 3 nitrogen and oxygen atoms in total. The van der Waals surface area contributed by atoms with E-state index >= 15 is 0 Å². The van der Waals surface area contributed by atoms with Crippen LogP contribution < -0.4 is 0 Å². The van der Waals surface area contributed by atoms with E-state index in [1.165, 1.54) is 43.6 Å². The summed E-state index contributed by atoms with van der Waals surface area (Å²) in [7, 11) is 4.41. The molecule has 0 aliphatic carbocycles. The summed E-state index contributed by atoms with van der Waals surface area (Å²) in [4.78, 5) is 4.84. The SMILES string of the molecule is Cc1cc(C#N)ccc1CN(C)CC1CCN(C)CC1. The highest BCUT2D eigenvalue weighted by molar-refractivity contribution is 5.37. The minimum Gasteiger partial charge on any atom is -0.306 e. The second kappa shape index (κ2) is 6.88. The predicted molar refractivity (Wildman–Crippen MR) is 82.4 cm³/mol. The Kier molecular flexibility index (Phi) is 5.17. The first-order valence-corrected chi connectivity index (χ1v) is 7.45. The van der Waals surface area contributed by atoms with Gasteiger partial charge in [0.25, 0.3) is 0 Å². The van der Waals surface area contributed by atoms with Gasteiger partial charge in [0.1, 0.15) is 0 Å². The van der Waals surface area contributed by atoms with Crippen LogP contribution in [0.5, 0.6) is 0 Å². The molecule has 0 radical (unpaired) electrons. The Morgan fingerprint density at radius 1 is 1.35 bits per heavy atom. The first kappa shape index (κ1) is 15.0. The van der Waals surface area contributed by atoms with E-state index in [1.807, 2.05) is 12.1 Å². The molecule has 2 rings (SSSR count). The zero-order valence-corrected chi connectivity index (χ0v) is 12.9. The third-order valence-corrected chi connectivity index (χ3v) is 4.32. The van der Waals surface area contributed by atoms with E-state index in [0.29, 0.717) is 0 Å². The van der Waals surface area contributed by atoms with Crippen molar-refractivity contribution in [2.75, 3.05) is 33.7 Å². The Balaban J connectivity index is 1.88. The van der Waals surface area contributed by atoms with Gasteiger partial charge in [-0.2, -0.15) is 5.26 Å². The number of aryl methyl sites for hydroxylation is 1. The number of rotatable bonds is 4. The summed E-state index contributed by atoms with van der Waals surface area (Å²) in [6.45, 7) is 6.71. The molecule has 1 aromatic rings. The molecular formula is C17H25N3. The summed E-state index contributed by atoms with van der Waals surface area (Å²) in [6, 6.07) is 8.20. The van der Waals surface area contributed by atoms with Crippen LogP contribution in [0.2, 0.25) is 0 Å². The van der Waals surface area contributed by atoms with Crippen molar-refractivity contribution >= 4 is 0 Å². The zero-order valence-electron chi connectivity index (χ0n) is 12.9. The summed E-state index contributed by atoms with van der Waals surface area (Å²) >= 11 is 0. The van der Waals surface area contributed by atoms with Crippen LogP contribution >= 0.6 is 0 Å². The van der Waals surface area contributed by atoms with Gasteiger partial charge >= 0.3 is 0 Å². The molecule has 1 aliphatic heterocycles. The normalized spacial score (nSPS) is 17.4. The molecule has 0 bridgehead atoms. The Morgan fingerprint density at radius 2 is 2.05 bits per heavy atom. The first-order chi connectivity index (χ1) is 9.58. The zero-order chi connectivity index (χ0) is 14.5. The van der Waals surface area contributed by atoms with Crippen LogP contribution in [0.3, 0.4) is 0 Å². The maximum atomic E-state index is 8.91. The molecule has 1 aliphatic rings. The highest BCUT2D eigenvalue weighted by atomic mass is 15.1. The lowest BCUT2D eigenvalue weighted by Gasteiger charge is -2.31. The lowest BCUT2D eigenvalue weighted by molar-refractivity contribution is 0.173. The van der Waals surface area contributed by atoms with Crippen LogP contribution in [0, 0.1) is 24.2 Å². The second-order valence-corrected chi connectivity index (χ2v) is 6.20. The standard InChI is InChI=1S/C17H25N3/c1-14-10-16(11-18)4-5-17(14)13-20(3)12-15-6-8-19(2)9-7-15/h4-5,10,15H,6-9,12-13H2,1-3H3. The van der Waals surface area contributed by atoms with E-state index in [-0.39, 0.29) is 0 Å². The van der Waals surface area contributed by atoms with Crippen LogP contribution in [-0.4, -0.2) is 43.5 Å². The van der Waals surface area contributed by atoms with E-state index in [0.717, 1.165) is 18.0 Å². The fourth-order valence-electron chi connectivity index (χ4n) is 2.98. The molecule has 3 heteroatoms. The van der Waals surface area contributed by atoms with E-state index in [4.69, 9.17) is 5.26 Å². The lowest BCUT2D eigenvalue weighted by Crippen LogP contribution is -2.35. The number of nitriles is 1. The Labute approximate surface area is 122 Å². The highest BCUT2D eigenvalue weighted by Gasteiger charge is 2.18.